The summed E-state index contributed by atoms with van der Waals surface area (Å²) in [6, 6.07) is 0. The van der Waals surface area contributed by atoms with Gasteiger partial charge in [0.15, 0.2) is 0 Å². The van der Waals surface area contributed by atoms with Gasteiger partial charge in [0.2, 0.25) is 0 Å². The van der Waals surface area contributed by atoms with Gasteiger partial charge >= 0.3 is 0 Å². The summed E-state index contributed by atoms with van der Waals surface area (Å²) in [5, 5.41) is 3.42. The quantitative estimate of drug-likeness (QED) is 0.742. The second-order valence-electron chi connectivity index (χ2n) is 5.47. The minimum atomic E-state index is 0.587. The Balaban J connectivity index is 1.55. The molecule has 0 bridgehead atoms. The average molecular weight is 225 g/mol. The van der Waals surface area contributed by atoms with Gasteiger partial charge in [-0.3, -0.25) is 0 Å². The van der Waals surface area contributed by atoms with Crippen LogP contribution < -0.4 is 5.32 Å². The van der Waals surface area contributed by atoms with Crippen molar-refractivity contribution in [2.75, 3.05) is 19.7 Å². The van der Waals surface area contributed by atoms with E-state index in [9.17, 15) is 0 Å². The molecule has 94 valence electrons. The van der Waals surface area contributed by atoms with Crippen molar-refractivity contribution in [3.05, 3.63) is 0 Å². The highest BCUT2D eigenvalue weighted by Crippen LogP contribution is 2.21. The minimum absolute atomic E-state index is 0.587. The van der Waals surface area contributed by atoms with E-state index in [1.807, 2.05) is 0 Å². The summed E-state index contributed by atoms with van der Waals surface area (Å²) < 4.78 is 6.05. The first-order valence-corrected chi connectivity index (χ1v) is 7.27. The van der Waals surface area contributed by atoms with Gasteiger partial charge in [-0.2, -0.15) is 0 Å². The molecule has 0 aromatic rings. The van der Waals surface area contributed by atoms with Crippen molar-refractivity contribution in [3.8, 4) is 0 Å². The summed E-state index contributed by atoms with van der Waals surface area (Å²) in [7, 11) is 0. The maximum atomic E-state index is 6.05. The average Bonchev–Trinajstić information content (AvgIpc) is 2.59. The fourth-order valence-electron chi connectivity index (χ4n) is 2.98. The van der Waals surface area contributed by atoms with Gasteiger partial charge in [0.1, 0.15) is 0 Å². The van der Waals surface area contributed by atoms with Crippen LogP contribution in [-0.2, 0) is 4.74 Å². The van der Waals surface area contributed by atoms with Crippen molar-refractivity contribution < 1.29 is 4.74 Å². The maximum Gasteiger partial charge on any atom is 0.0575 e. The molecular formula is C14H27NO. The van der Waals surface area contributed by atoms with E-state index >= 15 is 0 Å². The molecule has 1 N–H and O–H groups in total. The van der Waals surface area contributed by atoms with Crippen molar-refractivity contribution >= 4 is 0 Å². The van der Waals surface area contributed by atoms with Crippen LogP contribution in [0, 0.1) is 5.92 Å². The van der Waals surface area contributed by atoms with Crippen molar-refractivity contribution in [2.24, 2.45) is 5.92 Å². The van der Waals surface area contributed by atoms with E-state index in [4.69, 9.17) is 4.74 Å². The molecule has 1 saturated carbocycles. The Morgan fingerprint density at radius 3 is 2.25 bits per heavy atom. The zero-order chi connectivity index (χ0) is 11.1. The Morgan fingerprint density at radius 2 is 1.56 bits per heavy atom. The molecule has 2 fully saturated rings. The van der Waals surface area contributed by atoms with Gasteiger partial charge in [-0.15, -0.1) is 0 Å². The van der Waals surface area contributed by atoms with Gasteiger partial charge < -0.3 is 10.1 Å². The van der Waals surface area contributed by atoms with Crippen molar-refractivity contribution in [3.63, 3.8) is 0 Å². The van der Waals surface area contributed by atoms with Gasteiger partial charge in [-0.1, -0.05) is 25.7 Å². The summed E-state index contributed by atoms with van der Waals surface area (Å²) in [4.78, 5) is 0. The molecule has 2 nitrogen and oxygen atoms in total. The minimum Gasteiger partial charge on any atom is -0.378 e. The zero-order valence-electron chi connectivity index (χ0n) is 10.5. The Morgan fingerprint density at radius 1 is 0.875 bits per heavy atom. The second-order valence-corrected chi connectivity index (χ2v) is 5.47. The van der Waals surface area contributed by atoms with E-state index in [-0.39, 0.29) is 0 Å². The SMILES string of the molecule is C1CCCC(OCCC2CCNCC2)CC1. The largest absolute Gasteiger partial charge is 0.378 e. The lowest BCUT2D eigenvalue weighted by atomic mass is 9.95. The van der Waals surface area contributed by atoms with E-state index in [0.29, 0.717) is 6.10 Å². The van der Waals surface area contributed by atoms with Crippen LogP contribution in [0.25, 0.3) is 0 Å². The third kappa shape index (κ3) is 4.42. The highest BCUT2D eigenvalue weighted by atomic mass is 16.5. The highest BCUT2D eigenvalue weighted by molar-refractivity contribution is 4.69. The molecule has 1 saturated heterocycles. The monoisotopic (exact) mass is 225 g/mol. The summed E-state index contributed by atoms with van der Waals surface area (Å²) in [6.07, 6.45) is 12.8. The maximum absolute atomic E-state index is 6.05. The van der Waals surface area contributed by atoms with Crippen molar-refractivity contribution in [2.45, 2.75) is 63.9 Å². The fourth-order valence-corrected chi connectivity index (χ4v) is 2.98. The van der Waals surface area contributed by atoms with Crippen LogP contribution in [-0.4, -0.2) is 25.8 Å². The first-order chi connectivity index (χ1) is 7.95. The molecule has 0 radical (unpaired) electrons. The second kappa shape index (κ2) is 7.29. The summed E-state index contributed by atoms with van der Waals surface area (Å²) in [5.41, 5.74) is 0. The molecule has 1 aliphatic carbocycles. The molecule has 16 heavy (non-hydrogen) atoms. The first kappa shape index (κ1) is 12.4. The van der Waals surface area contributed by atoms with Crippen LogP contribution in [0.2, 0.25) is 0 Å². The predicted molar refractivity (Wildman–Crippen MR) is 67.7 cm³/mol. The number of ether oxygens (including phenoxy) is 1. The van der Waals surface area contributed by atoms with Crippen LogP contribution in [0.4, 0.5) is 0 Å². The number of rotatable bonds is 4. The standard InChI is InChI=1S/C14H27NO/c1-2-4-6-14(5-3-1)16-12-9-13-7-10-15-11-8-13/h13-15H,1-12H2. The predicted octanol–water partition coefficient (Wildman–Crippen LogP) is 3.12. The van der Waals surface area contributed by atoms with Crippen molar-refractivity contribution in [1.29, 1.82) is 0 Å². The van der Waals surface area contributed by atoms with Gasteiger partial charge in [0.05, 0.1) is 6.10 Å². The lowest BCUT2D eigenvalue weighted by molar-refractivity contribution is 0.0331. The van der Waals surface area contributed by atoms with Crippen LogP contribution in [0.3, 0.4) is 0 Å². The van der Waals surface area contributed by atoms with Gasteiger partial charge in [0, 0.05) is 6.61 Å². The third-order valence-corrected chi connectivity index (χ3v) is 4.14. The van der Waals surface area contributed by atoms with E-state index in [1.165, 1.54) is 70.9 Å². The lowest BCUT2D eigenvalue weighted by Crippen LogP contribution is -2.28. The van der Waals surface area contributed by atoms with E-state index in [2.05, 4.69) is 5.32 Å². The Bertz CT molecular complexity index is 170. The highest BCUT2D eigenvalue weighted by Gasteiger charge is 2.15. The molecule has 0 spiro atoms. The van der Waals surface area contributed by atoms with Crippen LogP contribution in [0.1, 0.15) is 57.8 Å². The molecule has 1 heterocycles. The Labute approximate surface area is 100 Å². The molecule has 2 heteroatoms. The van der Waals surface area contributed by atoms with E-state index in [0.717, 1.165) is 12.5 Å². The lowest BCUT2D eigenvalue weighted by Gasteiger charge is -2.23. The number of hydrogen-bond donors (Lipinski definition) is 1. The molecule has 2 rings (SSSR count). The number of hydrogen-bond acceptors (Lipinski definition) is 2. The van der Waals surface area contributed by atoms with E-state index in [1.54, 1.807) is 0 Å². The molecule has 1 aliphatic heterocycles. The first-order valence-electron chi connectivity index (χ1n) is 7.27. The molecule has 0 aromatic carbocycles. The molecular weight excluding hydrogens is 198 g/mol. The summed E-state index contributed by atoms with van der Waals surface area (Å²) in [5.74, 6) is 0.923. The molecule has 0 amide bonds. The van der Waals surface area contributed by atoms with Crippen LogP contribution in [0.15, 0.2) is 0 Å². The number of piperidine rings is 1. The van der Waals surface area contributed by atoms with Crippen LogP contribution in [0.5, 0.6) is 0 Å². The zero-order valence-corrected chi connectivity index (χ0v) is 10.5. The molecule has 0 aromatic heterocycles. The summed E-state index contributed by atoms with van der Waals surface area (Å²) >= 11 is 0. The smallest absolute Gasteiger partial charge is 0.0575 e. The van der Waals surface area contributed by atoms with E-state index < -0.39 is 0 Å². The van der Waals surface area contributed by atoms with Gasteiger partial charge in [-0.05, 0) is 51.1 Å². The molecule has 0 atom stereocenters. The Hall–Kier alpha value is -0.0800. The Kier molecular flexibility index (Phi) is 5.64. The van der Waals surface area contributed by atoms with Gasteiger partial charge in [-0.25, -0.2) is 0 Å². The van der Waals surface area contributed by atoms with Gasteiger partial charge in [0.25, 0.3) is 0 Å². The topological polar surface area (TPSA) is 21.3 Å². The molecule has 0 unspecified atom stereocenters. The van der Waals surface area contributed by atoms with Crippen molar-refractivity contribution in [1.82, 2.24) is 5.32 Å². The normalized spacial score (nSPS) is 25.5. The number of nitrogens with one attached hydrogen (secondary N) is 1. The summed E-state index contributed by atoms with van der Waals surface area (Å²) in [6.45, 7) is 3.44. The fraction of sp³-hybridized carbons (Fsp3) is 1.00. The van der Waals surface area contributed by atoms with Crippen LogP contribution >= 0.6 is 0 Å². The molecule has 2 aliphatic rings. The third-order valence-electron chi connectivity index (χ3n) is 4.14.